The molecule has 0 spiro atoms. The smallest absolute Gasteiger partial charge is 0.262 e. The van der Waals surface area contributed by atoms with Gasteiger partial charge in [0.25, 0.3) is 5.91 Å². The van der Waals surface area contributed by atoms with Gasteiger partial charge in [0.15, 0.2) is 6.61 Å². The van der Waals surface area contributed by atoms with E-state index in [1.807, 2.05) is 6.07 Å². The van der Waals surface area contributed by atoms with Gasteiger partial charge in [0.2, 0.25) is 0 Å². The molecule has 0 saturated carbocycles. The number of hydrogen-bond acceptors (Lipinski definition) is 3. The average Bonchev–Trinajstić information content (AvgIpc) is 2.48. The third kappa shape index (κ3) is 3.74. The van der Waals surface area contributed by atoms with Gasteiger partial charge in [-0.15, -0.1) is 0 Å². The van der Waals surface area contributed by atoms with Crippen LogP contribution in [0.3, 0.4) is 0 Å². The van der Waals surface area contributed by atoms with Crippen LogP contribution in [-0.2, 0) is 4.79 Å². The maximum atomic E-state index is 11.7. The van der Waals surface area contributed by atoms with Crippen LogP contribution in [0, 0.1) is 11.3 Å². The normalized spacial score (nSPS) is 9.60. The minimum atomic E-state index is -0.303. The van der Waals surface area contributed by atoms with Crippen molar-refractivity contribution in [2.75, 3.05) is 11.9 Å². The molecular weight excluding hydrogens is 276 g/mol. The number of nitriles is 1. The fourth-order valence-electron chi connectivity index (χ4n) is 1.52. The number of nitrogens with zero attached hydrogens (tertiary/aromatic N) is 1. The van der Waals surface area contributed by atoms with Crippen molar-refractivity contribution in [3.63, 3.8) is 0 Å². The second kappa shape index (κ2) is 6.60. The highest BCUT2D eigenvalue weighted by Crippen LogP contribution is 2.20. The zero-order valence-electron chi connectivity index (χ0n) is 10.5. The molecule has 0 bridgehead atoms. The predicted octanol–water partition coefficient (Wildman–Crippen LogP) is 3.23. The molecule has 100 valence electrons. The molecule has 1 N–H and O–H groups in total. The molecule has 2 aromatic rings. The number of hydrogen-bond donors (Lipinski definition) is 1. The van der Waals surface area contributed by atoms with Crippen LogP contribution in [0.15, 0.2) is 48.5 Å². The molecular formula is C15H11ClN2O2. The molecule has 2 aromatic carbocycles. The second-order valence-corrected chi connectivity index (χ2v) is 4.36. The molecule has 0 saturated heterocycles. The highest BCUT2D eigenvalue weighted by Gasteiger charge is 2.06. The molecule has 0 heterocycles. The first-order chi connectivity index (χ1) is 9.69. The number of carbonyl (C=O) groups excluding carboxylic acids is 1. The number of nitrogens with one attached hydrogen (secondary N) is 1. The van der Waals surface area contributed by atoms with E-state index in [2.05, 4.69) is 5.32 Å². The molecule has 5 heteroatoms. The number of benzene rings is 2. The molecule has 1 amide bonds. The highest BCUT2D eigenvalue weighted by atomic mass is 35.5. The lowest BCUT2D eigenvalue weighted by Gasteiger charge is -2.08. The highest BCUT2D eigenvalue weighted by molar-refractivity contribution is 6.33. The Morgan fingerprint density at radius 1 is 1.20 bits per heavy atom. The number of ether oxygens (including phenoxy) is 1. The van der Waals surface area contributed by atoms with E-state index in [-0.39, 0.29) is 12.5 Å². The summed E-state index contributed by atoms with van der Waals surface area (Å²) in [6, 6.07) is 15.5. The van der Waals surface area contributed by atoms with Crippen molar-refractivity contribution in [3.8, 4) is 11.8 Å². The van der Waals surface area contributed by atoms with Crippen LogP contribution in [-0.4, -0.2) is 12.5 Å². The molecule has 0 aliphatic carbocycles. The fourth-order valence-corrected chi connectivity index (χ4v) is 1.71. The van der Waals surface area contributed by atoms with Gasteiger partial charge in [-0.2, -0.15) is 5.26 Å². The Morgan fingerprint density at radius 3 is 2.55 bits per heavy atom. The first kappa shape index (κ1) is 13.9. The number of halogens is 1. The Balaban J connectivity index is 1.89. The first-order valence-corrected chi connectivity index (χ1v) is 6.24. The topological polar surface area (TPSA) is 62.1 Å². The SMILES string of the molecule is N#Cc1ccc(OCC(=O)Nc2ccccc2Cl)cc1. The van der Waals surface area contributed by atoms with Gasteiger partial charge in [-0.1, -0.05) is 23.7 Å². The molecule has 2 rings (SSSR count). The van der Waals surface area contributed by atoms with E-state index in [4.69, 9.17) is 21.6 Å². The number of amides is 1. The first-order valence-electron chi connectivity index (χ1n) is 5.86. The maximum Gasteiger partial charge on any atom is 0.262 e. The van der Waals surface area contributed by atoms with Gasteiger partial charge in [-0.3, -0.25) is 4.79 Å². The summed E-state index contributed by atoms with van der Waals surface area (Å²) in [5.74, 6) is 0.223. The summed E-state index contributed by atoms with van der Waals surface area (Å²) in [6.07, 6.45) is 0. The summed E-state index contributed by atoms with van der Waals surface area (Å²) >= 11 is 5.93. The molecule has 0 radical (unpaired) electrons. The number of anilines is 1. The third-order valence-corrected chi connectivity index (χ3v) is 2.83. The van der Waals surface area contributed by atoms with Crippen LogP contribution >= 0.6 is 11.6 Å². The van der Waals surface area contributed by atoms with Crippen LogP contribution in [0.1, 0.15) is 5.56 Å². The molecule has 0 fully saturated rings. The van der Waals surface area contributed by atoms with E-state index in [1.165, 1.54) is 0 Å². The van der Waals surface area contributed by atoms with Crippen molar-refractivity contribution in [1.82, 2.24) is 0 Å². The number of para-hydroxylation sites is 1. The molecule has 20 heavy (non-hydrogen) atoms. The predicted molar refractivity (Wildman–Crippen MR) is 76.7 cm³/mol. The molecule has 0 aliphatic heterocycles. The quantitative estimate of drug-likeness (QED) is 0.938. The van der Waals surface area contributed by atoms with E-state index in [0.29, 0.717) is 22.0 Å². The Bertz CT molecular complexity index is 648. The second-order valence-electron chi connectivity index (χ2n) is 3.95. The Labute approximate surface area is 121 Å². The third-order valence-electron chi connectivity index (χ3n) is 2.50. The molecule has 0 aliphatic rings. The Hall–Kier alpha value is -2.51. The summed E-state index contributed by atoms with van der Waals surface area (Å²) < 4.78 is 5.31. The minimum absolute atomic E-state index is 0.128. The summed E-state index contributed by atoms with van der Waals surface area (Å²) in [5.41, 5.74) is 1.08. The van der Waals surface area contributed by atoms with Crippen LogP contribution in [0.5, 0.6) is 5.75 Å². The molecule has 4 nitrogen and oxygen atoms in total. The van der Waals surface area contributed by atoms with Crippen molar-refractivity contribution in [3.05, 3.63) is 59.1 Å². The lowest BCUT2D eigenvalue weighted by Crippen LogP contribution is -2.20. The van der Waals surface area contributed by atoms with Gasteiger partial charge in [0, 0.05) is 0 Å². The van der Waals surface area contributed by atoms with Crippen molar-refractivity contribution < 1.29 is 9.53 Å². The van der Waals surface area contributed by atoms with E-state index in [1.54, 1.807) is 48.5 Å². The largest absolute Gasteiger partial charge is 0.484 e. The van der Waals surface area contributed by atoms with Crippen LogP contribution < -0.4 is 10.1 Å². The maximum absolute atomic E-state index is 11.7. The van der Waals surface area contributed by atoms with Gasteiger partial charge in [-0.25, -0.2) is 0 Å². The van der Waals surface area contributed by atoms with Crippen molar-refractivity contribution >= 4 is 23.2 Å². The Kier molecular flexibility index (Phi) is 4.59. The van der Waals surface area contributed by atoms with Crippen LogP contribution in [0.2, 0.25) is 5.02 Å². The van der Waals surface area contributed by atoms with E-state index < -0.39 is 0 Å². The zero-order valence-corrected chi connectivity index (χ0v) is 11.2. The summed E-state index contributed by atoms with van der Waals surface area (Å²) in [7, 11) is 0. The molecule has 0 atom stereocenters. The summed E-state index contributed by atoms with van der Waals surface area (Å²) in [5, 5.41) is 11.8. The van der Waals surface area contributed by atoms with Crippen LogP contribution in [0.25, 0.3) is 0 Å². The summed E-state index contributed by atoms with van der Waals surface area (Å²) in [6.45, 7) is -0.128. The van der Waals surface area contributed by atoms with Crippen molar-refractivity contribution in [2.24, 2.45) is 0 Å². The van der Waals surface area contributed by atoms with Crippen molar-refractivity contribution in [2.45, 2.75) is 0 Å². The zero-order chi connectivity index (χ0) is 14.4. The fraction of sp³-hybridized carbons (Fsp3) is 0.0667. The number of rotatable bonds is 4. The average molecular weight is 287 g/mol. The Morgan fingerprint density at radius 2 is 1.90 bits per heavy atom. The van der Waals surface area contributed by atoms with Crippen LogP contribution in [0.4, 0.5) is 5.69 Å². The van der Waals surface area contributed by atoms with E-state index in [9.17, 15) is 4.79 Å². The molecule has 0 aromatic heterocycles. The van der Waals surface area contributed by atoms with E-state index in [0.717, 1.165) is 0 Å². The molecule has 0 unspecified atom stereocenters. The van der Waals surface area contributed by atoms with E-state index >= 15 is 0 Å². The standard InChI is InChI=1S/C15H11ClN2O2/c16-13-3-1-2-4-14(13)18-15(19)10-20-12-7-5-11(9-17)6-8-12/h1-8H,10H2,(H,18,19). The van der Waals surface area contributed by atoms with Gasteiger partial charge in [0.1, 0.15) is 5.75 Å². The van der Waals surface area contributed by atoms with Crippen molar-refractivity contribution in [1.29, 1.82) is 5.26 Å². The van der Waals surface area contributed by atoms with Gasteiger partial charge >= 0.3 is 0 Å². The monoisotopic (exact) mass is 286 g/mol. The lowest BCUT2D eigenvalue weighted by atomic mass is 10.2. The van der Waals surface area contributed by atoms with Gasteiger partial charge in [0.05, 0.1) is 22.3 Å². The van der Waals surface area contributed by atoms with Gasteiger partial charge in [-0.05, 0) is 36.4 Å². The number of carbonyl (C=O) groups is 1. The lowest BCUT2D eigenvalue weighted by molar-refractivity contribution is -0.118. The minimum Gasteiger partial charge on any atom is -0.484 e. The summed E-state index contributed by atoms with van der Waals surface area (Å²) in [4.78, 5) is 11.7. The van der Waals surface area contributed by atoms with Gasteiger partial charge < -0.3 is 10.1 Å².